The topological polar surface area (TPSA) is 44.5 Å². The maximum atomic E-state index is 6.30. The third-order valence-corrected chi connectivity index (χ3v) is 5.46. The number of likely N-dealkylation sites (tertiary alicyclic amines) is 1. The molecule has 2 aliphatic rings. The van der Waals surface area contributed by atoms with Crippen molar-refractivity contribution in [2.75, 3.05) is 38.2 Å². The zero-order valence-electron chi connectivity index (χ0n) is 14.7. The molecule has 1 aliphatic heterocycles. The van der Waals surface area contributed by atoms with Crippen LogP contribution in [0.5, 0.6) is 0 Å². The molecule has 1 aromatic rings. The first-order chi connectivity index (χ1) is 11.1. The van der Waals surface area contributed by atoms with Crippen LogP contribution in [0, 0.1) is 0 Å². The highest BCUT2D eigenvalue weighted by molar-refractivity contribution is 5.67. The first-order valence-electron chi connectivity index (χ1n) is 9.15. The van der Waals surface area contributed by atoms with Crippen LogP contribution in [0.1, 0.15) is 44.1 Å². The summed E-state index contributed by atoms with van der Waals surface area (Å²) in [6, 6.07) is 7.88. The molecule has 128 valence electrons. The Morgan fingerprint density at radius 3 is 2.61 bits per heavy atom. The third kappa shape index (κ3) is 4.39. The molecule has 0 unspecified atom stereocenters. The Morgan fingerprint density at radius 2 is 1.96 bits per heavy atom. The molecule has 4 heteroatoms. The Balaban J connectivity index is 1.56. The van der Waals surface area contributed by atoms with E-state index in [4.69, 9.17) is 5.73 Å². The molecule has 4 nitrogen and oxygen atoms in total. The van der Waals surface area contributed by atoms with Crippen molar-refractivity contribution in [3.8, 4) is 0 Å². The van der Waals surface area contributed by atoms with Gasteiger partial charge in [-0.3, -0.25) is 4.90 Å². The fraction of sp³-hybridized carbons (Fsp3) is 0.684. The van der Waals surface area contributed by atoms with Gasteiger partial charge in [0.05, 0.1) is 11.4 Å². The van der Waals surface area contributed by atoms with Gasteiger partial charge in [-0.05, 0) is 51.1 Å². The lowest BCUT2D eigenvalue weighted by molar-refractivity contribution is 0.265. The summed E-state index contributed by atoms with van der Waals surface area (Å²) >= 11 is 0. The smallest absolute Gasteiger partial charge is 0.0576 e. The highest BCUT2D eigenvalue weighted by atomic mass is 15.2. The van der Waals surface area contributed by atoms with E-state index in [0.717, 1.165) is 24.5 Å². The number of nitrogens with one attached hydrogen (secondary N) is 1. The summed E-state index contributed by atoms with van der Waals surface area (Å²) in [6.07, 6.45) is 7.90. The van der Waals surface area contributed by atoms with Crippen LogP contribution in [0.3, 0.4) is 0 Å². The zero-order valence-corrected chi connectivity index (χ0v) is 14.7. The summed E-state index contributed by atoms with van der Waals surface area (Å²) in [5.41, 5.74) is 9.65. The van der Waals surface area contributed by atoms with Gasteiger partial charge in [-0.2, -0.15) is 0 Å². The number of nitrogens with zero attached hydrogens (tertiary/aromatic N) is 2. The second kappa shape index (κ2) is 7.54. The van der Waals surface area contributed by atoms with E-state index in [0.29, 0.717) is 12.1 Å². The van der Waals surface area contributed by atoms with Crippen LogP contribution in [-0.2, 0) is 6.54 Å². The van der Waals surface area contributed by atoms with Crippen molar-refractivity contribution < 1.29 is 0 Å². The van der Waals surface area contributed by atoms with Gasteiger partial charge in [0.15, 0.2) is 0 Å². The van der Waals surface area contributed by atoms with Gasteiger partial charge in [-0.25, -0.2) is 0 Å². The predicted molar refractivity (Wildman–Crippen MR) is 98.7 cm³/mol. The number of anilines is 2. The second-order valence-electron chi connectivity index (χ2n) is 7.54. The van der Waals surface area contributed by atoms with Gasteiger partial charge in [-0.1, -0.05) is 25.3 Å². The minimum absolute atomic E-state index is 0.608. The molecule has 0 spiro atoms. The molecular weight excluding hydrogens is 284 g/mol. The standard InChI is InChI=1S/C19H32N4/c1-22(2)17-10-11-23(14-17)13-15-8-9-19(18(20)12-15)21-16-6-4-3-5-7-16/h8-9,12,16-17,21H,3-7,10-11,13-14,20H2,1-2H3/t17-/m1/s1. The van der Waals surface area contributed by atoms with Crippen LogP contribution >= 0.6 is 0 Å². The van der Waals surface area contributed by atoms with Crippen molar-refractivity contribution in [3.05, 3.63) is 23.8 Å². The maximum absolute atomic E-state index is 6.30. The van der Waals surface area contributed by atoms with Crippen molar-refractivity contribution in [1.29, 1.82) is 0 Å². The van der Waals surface area contributed by atoms with Gasteiger partial charge >= 0.3 is 0 Å². The van der Waals surface area contributed by atoms with E-state index < -0.39 is 0 Å². The molecule has 23 heavy (non-hydrogen) atoms. The minimum atomic E-state index is 0.608. The molecule has 0 amide bonds. The van der Waals surface area contributed by atoms with Gasteiger partial charge in [0, 0.05) is 31.7 Å². The summed E-state index contributed by atoms with van der Waals surface area (Å²) in [7, 11) is 4.36. The molecule has 0 bridgehead atoms. The summed E-state index contributed by atoms with van der Waals surface area (Å²) in [6.45, 7) is 3.36. The molecule has 2 fully saturated rings. The summed E-state index contributed by atoms with van der Waals surface area (Å²) in [5, 5.41) is 3.65. The van der Waals surface area contributed by atoms with Crippen LogP contribution in [0.4, 0.5) is 11.4 Å². The monoisotopic (exact) mass is 316 g/mol. The highest BCUT2D eigenvalue weighted by Gasteiger charge is 2.23. The van der Waals surface area contributed by atoms with E-state index in [1.54, 1.807) is 0 Å². The van der Waals surface area contributed by atoms with E-state index in [-0.39, 0.29) is 0 Å². The summed E-state index contributed by atoms with van der Waals surface area (Å²) in [5.74, 6) is 0. The van der Waals surface area contributed by atoms with Gasteiger partial charge in [0.25, 0.3) is 0 Å². The third-order valence-electron chi connectivity index (χ3n) is 5.46. The van der Waals surface area contributed by atoms with Crippen molar-refractivity contribution in [2.24, 2.45) is 0 Å². The lowest BCUT2D eigenvalue weighted by atomic mass is 9.95. The number of hydrogen-bond acceptors (Lipinski definition) is 4. The van der Waals surface area contributed by atoms with E-state index >= 15 is 0 Å². The fourth-order valence-electron chi connectivity index (χ4n) is 3.94. The molecule has 0 aromatic heterocycles. The maximum Gasteiger partial charge on any atom is 0.0576 e. The highest BCUT2D eigenvalue weighted by Crippen LogP contribution is 2.27. The molecule has 0 radical (unpaired) electrons. The Morgan fingerprint density at radius 1 is 1.17 bits per heavy atom. The normalized spacial score (nSPS) is 23.5. The number of hydrogen-bond donors (Lipinski definition) is 2. The molecule has 1 aromatic carbocycles. The molecule has 1 saturated carbocycles. The molecule has 1 saturated heterocycles. The average molecular weight is 316 g/mol. The van der Waals surface area contributed by atoms with Gasteiger partial charge in [-0.15, -0.1) is 0 Å². The Bertz CT molecular complexity index is 508. The summed E-state index contributed by atoms with van der Waals surface area (Å²) < 4.78 is 0. The van der Waals surface area contributed by atoms with Crippen LogP contribution in [-0.4, -0.2) is 49.1 Å². The van der Waals surface area contributed by atoms with Crippen molar-refractivity contribution in [3.63, 3.8) is 0 Å². The molecule has 1 heterocycles. The van der Waals surface area contributed by atoms with E-state index in [1.807, 2.05) is 0 Å². The van der Waals surface area contributed by atoms with E-state index in [2.05, 4.69) is 47.4 Å². The number of rotatable bonds is 5. The Hall–Kier alpha value is -1.26. The molecule has 3 rings (SSSR count). The van der Waals surface area contributed by atoms with Gasteiger partial charge in [0.2, 0.25) is 0 Å². The van der Waals surface area contributed by atoms with Crippen LogP contribution in [0.15, 0.2) is 18.2 Å². The molecule has 1 atom stereocenters. The molecule has 3 N–H and O–H groups in total. The Labute approximate surface area is 141 Å². The lowest BCUT2D eigenvalue weighted by Gasteiger charge is -2.25. The summed E-state index contributed by atoms with van der Waals surface area (Å²) in [4.78, 5) is 4.87. The van der Waals surface area contributed by atoms with Crippen molar-refractivity contribution >= 4 is 11.4 Å². The second-order valence-corrected chi connectivity index (χ2v) is 7.54. The number of benzene rings is 1. The Kier molecular flexibility index (Phi) is 5.44. The number of nitrogen functional groups attached to an aromatic ring is 1. The average Bonchev–Trinajstić information content (AvgIpc) is 3.00. The number of likely N-dealkylation sites (N-methyl/N-ethyl adjacent to an activating group) is 1. The minimum Gasteiger partial charge on any atom is -0.397 e. The lowest BCUT2D eigenvalue weighted by Crippen LogP contribution is -2.31. The predicted octanol–water partition coefficient (Wildman–Crippen LogP) is 3.15. The van der Waals surface area contributed by atoms with Crippen LogP contribution in [0.2, 0.25) is 0 Å². The fourth-order valence-corrected chi connectivity index (χ4v) is 3.94. The zero-order chi connectivity index (χ0) is 16.2. The van der Waals surface area contributed by atoms with E-state index in [1.165, 1.54) is 50.6 Å². The van der Waals surface area contributed by atoms with E-state index in [9.17, 15) is 0 Å². The number of nitrogens with two attached hydrogens (primary N) is 1. The SMILES string of the molecule is CN(C)[C@@H]1CCN(Cc2ccc(NC3CCCCC3)c(N)c2)C1. The molecular formula is C19H32N4. The molecule has 1 aliphatic carbocycles. The quantitative estimate of drug-likeness (QED) is 0.819. The van der Waals surface area contributed by atoms with Crippen molar-refractivity contribution in [1.82, 2.24) is 9.80 Å². The van der Waals surface area contributed by atoms with Crippen LogP contribution in [0.25, 0.3) is 0 Å². The first-order valence-corrected chi connectivity index (χ1v) is 9.15. The van der Waals surface area contributed by atoms with Gasteiger partial charge in [0.1, 0.15) is 0 Å². The van der Waals surface area contributed by atoms with Crippen LogP contribution < -0.4 is 11.1 Å². The van der Waals surface area contributed by atoms with Gasteiger partial charge < -0.3 is 16.0 Å². The first kappa shape index (κ1) is 16.6. The largest absolute Gasteiger partial charge is 0.397 e. The van der Waals surface area contributed by atoms with Crippen molar-refractivity contribution in [2.45, 2.75) is 57.2 Å².